The second kappa shape index (κ2) is 8.41. The lowest BCUT2D eigenvalue weighted by atomic mass is 10.2. The molecule has 0 aromatic carbocycles. The Morgan fingerprint density at radius 3 is 2.83 bits per heavy atom. The van der Waals surface area contributed by atoms with E-state index in [-0.39, 0.29) is 13.0 Å². The minimum atomic E-state index is -4.19. The Kier molecular flexibility index (Phi) is 6.43. The second-order valence-corrected chi connectivity index (χ2v) is 10.4. The van der Waals surface area contributed by atoms with Gasteiger partial charge < -0.3 is 24.9 Å². The minimum Gasteiger partial charge on any atom is -0.443 e. The van der Waals surface area contributed by atoms with Gasteiger partial charge in [0.05, 0.1) is 17.6 Å². The molecule has 2 aromatic rings. The van der Waals surface area contributed by atoms with Crippen molar-refractivity contribution in [2.75, 3.05) is 12.3 Å². The molecule has 1 aliphatic rings. The van der Waals surface area contributed by atoms with Crippen LogP contribution in [0.1, 0.15) is 33.4 Å². The van der Waals surface area contributed by atoms with Crippen LogP contribution in [0.5, 0.6) is 0 Å². The van der Waals surface area contributed by atoms with Gasteiger partial charge in [0.1, 0.15) is 29.6 Å². The number of nitrogens with one attached hydrogen (secondary N) is 2. The zero-order valence-corrected chi connectivity index (χ0v) is 19.5. The van der Waals surface area contributed by atoms with Crippen LogP contribution < -0.4 is 15.2 Å². The summed E-state index contributed by atoms with van der Waals surface area (Å²) in [4.78, 5) is 19.9. The quantitative estimate of drug-likeness (QED) is 0.387. The number of nitrogen functional groups attached to an aromatic ring is 1. The van der Waals surface area contributed by atoms with E-state index in [0.717, 1.165) is 3.57 Å². The SMILES string of the molecule is CC(C)(C)OC(=O)NS(=O)(=O)NC[C@H]1O[C@@H](n2cc(I)c3c(N)ncnc32)C[C@@H]1O. The first kappa shape index (κ1) is 22.9. The fraction of sp³-hybridized carbons (Fsp3) is 0.562. The van der Waals surface area contributed by atoms with Gasteiger partial charge in [-0.2, -0.15) is 13.1 Å². The van der Waals surface area contributed by atoms with Gasteiger partial charge in [-0.15, -0.1) is 0 Å². The molecule has 3 heterocycles. The van der Waals surface area contributed by atoms with Crippen LogP contribution in [-0.2, 0) is 19.7 Å². The van der Waals surface area contributed by atoms with Crippen LogP contribution in [0.3, 0.4) is 0 Å². The number of rotatable bonds is 5. The van der Waals surface area contributed by atoms with E-state index in [4.69, 9.17) is 15.2 Å². The van der Waals surface area contributed by atoms with Crippen LogP contribution in [0.4, 0.5) is 10.6 Å². The third-order valence-corrected chi connectivity index (χ3v) is 6.00. The number of hydrogen-bond donors (Lipinski definition) is 4. The van der Waals surface area contributed by atoms with E-state index in [0.29, 0.717) is 16.9 Å². The smallest absolute Gasteiger partial charge is 0.422 e. The van der Waals surface area contributed by atoms with Crippen molar-refractivity contribution < 1.29 is 27.8 Å². The first-order chi connectivity index (χ1) is 13.9. The van der Waals surface area contributed by atoms with Crippen molar-refractivity contribution in [2.24, 2.45) is 0 Å². The van der Waals surface area contributed by atoms with Gasteiger partial charge in [-0.25, -0.2) is 19.5 Å². The minimum absolute atomic E-state index is 0.218. The predicted molar refractivity (Wildman–Crippen MR) is 115 cm³/mol. The molecular formula is C16H23IN6O6S. The summed E-state index contributed by atoms with van der Waals surface area (Å²) in [6, 6.07) is 0. The Morgan fingerprint density at radius 2 is 2.17 bits per heavy atom. The van der Waals surface area contributed by atoms with Crippen molar-refractivity contribution >= 4 is 55.7 Å². The zero-order chi connectivity index (χ0) is 22.3. The lowest BCUT2D eigenvalue weighted by Crippen LogP contribution is -2.46. The van der Waals surface area contributed by atoms with Gasteiger partial charge in [0.15, 0.2) is 0 Å². The van der Waals surface area contributed by atoms with Gasteiger partial charge in [0, 0.05) is 22.7 Å². The number of carbonyl (C=O) groups is 1. The fourth-order valence-corrected chi connectivity index (χ4v) is 4.52. The van der Waals surface area contributed by atoms with Gasteiger partial charge in [-0.3, -0.25) is 0 Å². The number of ether oxygens (including phenoxy) is 2. The summed E-state index contributed by atoms with van der Waals surface area (Å²) in [5.74, 6) is 0.333. The molecule has 1 saturated heterocycles. The second-order valence-electron chi connectivity index (χ2n) is 7.73. The number of nitrogens with zero attached hydrogens (tertiary/aromatic N) is 3. The van der Waals surface area contributed by atoms with Crippen molar-refractivity contribution in [3.63, 3.8) is 0 Å². The molecule has 0 bridgehead atoms. The topological polar surface area (TPSA) is 171 Å². The van der Waals surface area contributed by atoms with E-state index in [1.165, 1.54) is 6.33 Å². The first-order valence-electron chi connectivity index (χ1n) is 8.97. The summed E-state index contributed by atoms with van der Waals surface area (Å²) < 4.78 is 41.4. The molecule has 1 fully saturated rings. The summed E-state index contributed by atoms with van der Waals surface area (Å²) in [7, 11) is -4.19. The van der Waals surface area contributed by atoms with Gasteiger partial charge >= 0.3 is 16.3 Å². The Hall–Kier alpha value is -1.75. The molecule has 5 N–H and O–H groups in total. The molecule has 0 radical (unpaired) electrons. The van der Waals surface area contributed by atoms with E-state index < -0.39 is 40.3 Å². The molecule has 0 aliphatic carbocycles. The van der Waals surface area contributed by atoms with Gasteiger partial charge in [0.25, 0.3) is 0 Å². The van der Waals surface area contributed by atoms with Gasteiger partial charge in [-0.05, 0) is 43.4 Å². The number of amides is 1. The number of fused-ring (bicyclic) bond motifs is 1. The Morgan fingerprint density at radius 1 is 1.47 bits per heavy atom. The average Bonchev–Trinajstić information content (AvgIpc) is 3.12. The monoisotopic (exact) mass is 554 g/mol. The average molecular weight is 554 g/mol. The highest BCUT2D eigenvalue weighted by molar-refractivity contribution is 14.1. The molecule has 1 amide bonds. The maximum Gasteiger partial charge on any atom is 0.422 e. The van der Waals surface area contributed by atoms with Crippen LogP contribution in [-0.4, -0.2) is 58.5 Å². The number of aliphatic hydroxyl groups is 1. The van der Waals surface area contributed by atoms with Crippen LogP contribution >= 0.6 is 22.6 Å². The highest BCUT2D eigenvalue weighted by atomic mass is 127. The van der Waals surface area contributed by atoms with E-state index in [2.05, 4.69) is 37.3 Å². The molecule has 3 rings (SSSR count). The summed E-state index contributed by atoms with van der Waals surface area (Å²) >= 11 is 2.11. The van der Waals surface area contributed by atoms with E-state index in [9.17, 15) is 18.3 Å². The molecule has 1 aliphatic heterocycles. The molecule has 0 saturated carbocycles. The number of aromatic nitrogens is 3. The Balaban J connectivity index is 1.65. The molecule has 0 spiro atoms. The summed E-state index contributed by atoms with van der Waals surface area (Å²) in [6.07, 6.45) is -0.114. The maximum atomic E-state index is 12.1. The number of hydrogen-bond acceptors (Lipinski definition) is 9. The number of halogens is 1. The predicted octanol–water partition coefficient (Wildman–Crippen LogP) is 0.626. The lowest BCUT2D eigenvalue weighted by molar-refractivity contribution is -0.0131. The molecule has 3 atom stereocenters. The molecule has 12 nitrogen and oxygen atoms in total. The van der Waals surface area contributed by atoms with E-state index in [1.807, 2.05) is 0 Å². The standard InChI is InChI=1S/C16H23IN6O6S/c1-16(2,3)29-15(25)22-30(26,27)21-5-10-9(24)4-11(28-10)23-6-8(17)12-13(18)19-7-20-14(12)23/h6-7,9-11,21,24H,4-5H2,1-3H3,(H,22,25)(H2,18,19,20)/t9-,10+,11+/m0/s1. The van der Waals surface area contributed by atoms with Crippen molar-refractivity contribution in [3.05, 3.63) is 16.1 Å². The summed E-state index contributed by atoms with van der Waals surface area (Å²) in [5.41, 5.74) is 5.62. The zero-order valence-electron chi connectivity index (χ0n) is 16.5. The molecule has 166 valence electrons. The molecule has 0 unspecified atom stereocenters. The van der Waals surface area contributed by atoms with Crippen LogP contribution in [0, 0.1) is 3.57 Å². The molecule has 2 aromatic heterocycles. The van der Waals surface area contributed by atoms with Gasteiger partial charge in [0.2, 0.25) is 0 Å². The van der Waals surface area contributed by atoms with Crippen LogP contribution in [0.2, 0.25) is 0 Å². The third-order valence-electron chi connectivity index (χ3n) is 4.20. The van der Waals surface area contributed by atoms with E-state index in [1.54, 1.807) is 36.3 Å². The number of anilines is 1. The molecular weight excluding hydrogens is 531 g/mol. The number of aliphatic hydroxyl groups excluding tert-OH is 1. The Bertz CT molecular complexity index is 1050. The molecule has 14 heteroatoms. The van der Waals surface area contributed by atoms with Crippen LogP contribution in [0.15, 0.2) is 12.5 Å². The largest absolute Gasteiger partial charge is 0.443 e. The fourth-order valence-electron chi connectivity index (χ4n) is 2.99. The highest BCUT2D eigenvalue weighted by Crippen LogP contribution is 2.34. The number of carbonyl (C=O) groups excluding carboxylic acids is 1. The van der Waals surface area contributed by atoms with Crippen molar-refractivity contribution in [2.45, 2.75) is 51.2 Å². The first-order valence-corrected chi connectivity index (χ1v) is 11.5. The van der Waals surface area contributed by atoms with Crippen molar-refractivity contribution in [1.29, 1.82) is 0 Å². The van der Waals surface area contributed by atoms with Crippen molar-refractivity contribution in [1.82, 2.24) is 24.0 Å². The van der Waals surface area contributed by atoms with E-state index >= 15 is 0 Å². The highest BCUT2D eigenvalue weighted by Gasteiger charge is 2.37. The van der Waals surface area contributed by atoms with Gasteiger partial charge in [-0.1, -0.05) is 0 Å². The summed E-state index contributed by atoms with van der Waals surface area (Å²) in [5, 5.41) is 11.0. The summed E-state index contributed by atoms with van der Waals surface area (Å²) in [6.45, 7) is 4.59. The third kappa shape index (κ3) is 5.29. The van der Waals surface area contributed by atoms with Crippen molar-refractivity contribution in [3.8, 4) is 0 Å². The maximum absolute atomic E-state index is 12.1. The lowest BCUT2D eigenvalue weighted by Gasteiger charge is -2.20. The number of nitrogens with two attached hydrogens (primary N) is 1. The molecule has 30 heavy (non-hydrogen) atoms. The van der Waals surface area contributed by atoms with Crippen LogP contribution in [0.25, 0.3) is 11.0 Å². The Labute approximate surface area is 186 Å². The normalized spacial score (nSPS) is 22.4.